The molecule has 96 valence electrons. The molecule has 2 N–H and O–H groups in total. The van der Waals surface area contributed by atoms with Gasteiger partial charge < -0.3 is 5.73 Å². The number of nitrogens with two attached hydrogens (primary N) is 1. The summed E-state index contributed by atoms with van der Waals surface area (Å²) in [5, 5.41) is 7.53. The van der Waals surface area contributed by atoms with Crippen LogP contribution in [0.2, 0.25) is 0 Å². The highest BCUT2D eigenvalue weighted by molar-refractivity contribution is 5.74. The lowest BCUT2D eigenvalue weighted by atomic mass is 10.1. The lowest BCUT2D eigenvalue weighted by molar-refractivity contribution is -0.137. The summed E-state index contributed by atoms with van der Waals surface area (Å²) in [4.78, 5) is 0. The van der Waals surface area contributed by atoms with Gasteiger partial charge in [-0.3, -0.25) is 0 Å². The van der Waals surface area contributed by atoms with Gasteiger partial charge in [0.2, 0.25) is 0 Å². The maximum atomic E-state index is 12.5. The number of alkyl halides is 3. The van der Waals surface area contributed by atoms with E-state index >= 15 is 0 Å². The molecule has 0 aliphatic heterocycles. The van der Waals surface area contributed by atoms with Crippen molar-refractivity contribution in [2.24, 2.45) is 0 Å². The summed E-state index contributed by atoms with van der Waals surface area (Å²) in [6, 6.07) is 3.25. The molecule has 0 bridgehead atoms. The van der Waals surface area contributed by atoms with E-state index in [4.69, 9.17) is 5.73 Å². The molecular formula is C11H11F3N4. The fourth-order valence-corrected chi connectivity index (χ4v) is 1.67. The zero-order chi connectivity index (χ0) is 13.3. The molecule has 0 atom stereocenters. The average Bonchev–Trinajstić information content (AvgIpc) is 2.75. The summed E-state index contributed by atoms with van der Waals surface area (Å²) in [6.45, 7) is 2.42. The molecule has 0 amide bonds. The van der Waals surface area contributed by atoms with E-state index in [9.17, 15) is 13.2 Å². The van der Waals surface area contributed by atoms with E-state index in [1.807, 2.05) is 6.92 Å². The van der Waals surface area contributed by atoms with Crippen LogP contribution >= 0.6 is 0 Å². The summed E-state index contributed by atoms with van der Waals surface area (Å²) in [5.41, 5.74) is 6.05. The molecule has 4 nitrogen and oxygen atoms in total. The van der Waals surface area contributed by atoms with Gasteiger partial charge in [-0.1, -0.05) is 11.3 Å². The molecule has 1 aromatic carbocycles. The first-order chi connectivity index (χ1) is 8.43. The Morgan fingerprint density at radius 3 is 2.61 bits per heavy atom. The van der Waals surface area contributed by atoms with Crippen LogP contribution in [0.3, 0.4) is 0 Å². The predicted octanol–water partition coefficient (Wildman–Crippen LogP) is 2.57. The maximum absolute atomic E-state index is 12.5. The summed E-state index contributed by atoms with van der Waals surface area (Å²) in [7, 11) is 0. The quantitative estimate of drug-likeness (QED) is 0.840. The molecule has 0 saturated carbocycles. The molecule has 18 heavy (non-hydrogen) atoms. The van der Waals surface area contributed by atoms with E-state index in [2.05, 4.69) is 10.3 Å². The number of anilines is 1. The number of aryl methyl sites for hydroxylation is 1. The molecule has 0 fully saturated rings. The number of aromatic nitrogens is 3. The second-order valence-corrected chi connectivity index (χ2v) is 3.73. The number of hydrogen-bond donors (Lipinski definition) is 1. The predicted molar refractivity (Wildman–Crippen MR) is 60.5 cm³/mol. The molecule has 1 heterocycles. The van der Waals surface area contributed by atoms with Crippen molar-refractivity contribution in [1.29, 1.82) is 0 Å². The van der Waals surface area contributed by atoms with Crippen LogP contribution in [-0.2, 0) is 12.7 Å². The van der Waals surface area contributed by atoms with E-state index in [-0.39, 0.29) is 5.69 Å². The van der Waals surface area contributed by atoms with Gasteiger partial charge >= 0.3 is 6.18 Å². The average molecular weight is 256 g/mol. The Bertz CT molecular complexity index is 560. The van der Waals surface area contributed by atoms with Crippen LogP contribution in [0, 0.1) is 0 Å². The van der Waals surface area contributed by atoms with Crippen molar-refractivity contribution in [1.82, 2.24) is 15.0 Å². The van der Waals surface area contributed by atoms with Gasteiger partial charge in [0.15, 0.2) is 0 Å². The molecular weight excluding hydrogens is 245 g/mol. The van der Waals surface area contributed by atoms with E-state index in [0.29, 0.717) is 17.8 Å². The van der Waals surface area contributed by atoms with Gasteiger partial charge in [-0.15, -0.1) is 5.10 Å². The van der Waals surface area contributed by atoms with Crippen LogP contribution in [-0.4, -0.2) is 15.0 Å². The number of hydrogen-bond acceptors (Lipinski definition) is 3. The van der Waals surface area contributed by atoms with Crippen LogP contribution < -0.4 is 5.73 Å². The molecule has 0 aliphatic carbocycles. The molecule has 0 unspecified atom stereocenters. The first kappa shape index (κ1) is 12.4. The van der Waals surface area contributed by atoms with Gasteiger partial charge in [0.05, 0.1) is 17.5 Å². The highest BCUT2D eigenvalue weighted by Gasteiger charge is 2.31. The third-order valence-electron chi connectivity index (χ3n) is 2.57. The lowest BCUT2D eigenvalue weighted by Gasteiger charge is -2.11. The third kappa shape index (κ3) is 2.15. The molecule has 0 radical (unpaired) electrons. The van der Waals surface area contributed by atoms with Gasteiger partial charge in [0, 0.05) is 17.8 Å². The van der Waals surface area contributed by atoms with Crippen molar-refractivity contribution in [2.45, 2.75) is 19.6 Å². The topological polar surface area (TPSA) is 56.7 Å². The molecule has 0 aliphatic rings. The number of rotatable bonds is 2. The lowest BCUT2D eigenvalue weighted by Crippen LogP contribution is -2.07. The number of nitrogen functional groups attached to an aromatic ring is 1. The van der Waals surface area contributed by atoms with E-state index < -0.39 is 11.7 Å². The zero-order valence-corrected chi connectivity index (χ0v) is 9.57. The number of benzene rings is 1. The second-order valence-electron chi connectivity index (χ2n) is 3.73. The third-order valence-corrected chi connectivity index (χ3v) is 2.57. The highest BCUT2D eigenvalue weighted by Crippen LogP contribution is 2.34. The van der Waals surface area contributed by atoms with Gasteiger partial charge in [-0.2, -0.15) is 13.2 Å². The largest absolute Gasteiger partial charge is 0.416 e. The summed E-state index contributed by atoms with van der Waals surface area (Å²) >= 11 is 0. The smallest absolute Gasteiger partial charge is 0.398 e. The van der Waals surface area contributed by atoms with E-state index in [1.54, 1.807) is 4.68 Å². The number of halogens is 3. The van der Waals surface area contributed by atoms with Gasteiger partial charge in [-0.05, 0) is 19.1 Å². The first-order valence-corrected chi connectivity index (χ1v) is 5.29. The van der Waals surface area contributed by atoms with Crippen molar-refractivity contribution < 1.29 is 13.2 Å². The second kappa shape index (κ2) is 4.32. The fourth-order valence-electron chi connectivity index (χ4n) is 1.67. The van der Waals surface area contributed by atoms with Crippen molar-refractivity contribution >= 4 is 5.69 Å². The summed E-state index contributed by atoms with van der Waals surface area (Å²) in [6.07, 6.45) is -2.92. The molecule has 7 heteroatoms. The first-order valence-electron chi connectivity index (χ1n) is 5.29. The van der Waals surface area contributed by atoms with Crippen molar-refractivity contribution in [3.63, 3.8) is 0 Å². The Balaban J connectivity index is 2.48. The summed E-state index contributed by atoms with van der Waals surface area (Å²) < 4.78 is 39.1. The van der Waals surface area contributed by atoms with Crippen LogP contribution in [0.1, 0.15) is 12.5 Å². The van der Waals surface area contributed by atoms with Crippen molar-refractivity contribution in [3.05, 3.63) is 30.0 Å². The minimum atomic E-state index is -4.39. The normalized spacial score (nSPS) is 11.8. The Hall–Kier alpha value is -2.05. The van der Waals surface area contributed by atoms with Crippen LogP contribution in [0.25, 0.3) is 11.3 Å². The van der Waals surface area contributed by atoms with Crippen molar-refractivity contribution in [2.75, 3.05) is 5.73 Å². The molecule has 0 spiro atoms. The van der Waals surface area contributed by atoms with Crippen molar-refractivity contribution in [3.8, 4) is 11.3 Å². The Kier molecular flexibility index (Phi) is 2.98. The molecule has 1 aromatic heterocycles. The number of nitrogens with zero attached hydrogens (tertiary/aromatic N) is 3. The van der Waals surface area contributed by atoms with Crippen LogP contribution in [0.5, 0.6) is 0 Å². The van der Waals surface area contributed by atoms with Gasteiger partial charge in [0.25, 0.3) is 0 Å². The fraction of sp³-hybridized carbons (Fsp3) is 0.273. The Morgan fingerprint density at radius 2 is 2.06 bits per heavy atom. The maximum Gasteiger partial charge on any atom is 0.416 e. The molecule has 2 rings (SSSR count). The van der Waals surface area contributed by atoms with E-state index in [1.165, 1.54) is 12.3 Å². The molecule has 0 saturated heterocycles. The minimum absolute atomic E-state index is 0.0572. The van der Waals surface area contributed by atoms with Gasteiger partial charge in [-0.25, -0.2) is 4.68 Å². The van der Waals surface area contributed by atoms with Gasteiger partial charge in [0.1, 0.15) is 0 Å². The molecule has 2 aromatic rings. The SMILES string of the molecule is CCn1nncc1-c1ccc(C(F)(F)F)cc1N. The zero-order valence-electron chi connectivity index (χ0n) is 9.57. The Morgan fingerprint density at radius 1 is 1.33 bits per heavy atom. The van der Waals surface area contributed by atoms with E-state index in [0.717, 1.165) is 12.1 Å². The van der Waals surface area contributed by atoms with Crippen LogP contribution in [0.4, 0.5) is 18.9 Å². The highest BCUT2D eigenvalue weighted by atomic mass is 19.4. The Labute approximate surface area is 101 Å². The monoisotopic (exact) mass is 256 g/mol. The standard InChI is InChI=1S/C11H11F3N4/c1-2-18-10(6-16-17-18)8-4-3-7(5-9(8)15)11(12,13)14/h3-6H,2,15H2,1H3. The summed E-state index contributed by atoms with van der Waals surface area (Å²) in [5.74, 6) is 0. The minimum Gasteiger partial charge on any atom is -0.398 e. The van der Waals surface area contributed by atoms with Crippen LogP contribution in [0.15, 0.2) is 24.4 Å².